The van der Waals surface area contributed by atoms with Crippen molar-refractivity contribution in [3.8, 4) is 0 Å². The van der Waals surface area contributed by atoms with Gasteiger partial charge >= 0.3 is 6.09 Å². The predicted octanol–water partition coefficient (Wildman–Crippen LogP) is 0.488. The number of carbonyl (C=O) groups excluding carboxylic acids is 2. The van der Waals surface area contributed by atoms with Crippen LogP contribution in [-0.2, 0) is 25.3 Å². The zero-order valence-electron chi connectivity index (χ0n) is 12.1. The maximum atomic E-state index is 12.3. The van der Waals surface area contributed by atoms with Gasteiger partial charge in [0.2, 0.25) is 10.0 Å². The van der Waals surface area contributed by atoms with Gasteiger partial charge in [0.25, 0.3) is 5.91 Å². The summed E-state index contributed by atoms with van der Waals surface area (Å²) in [4.78, 5) is 23.9. The zero-order valence-corrected chi connectivity index (χ0v) is 12.9. The highest BCUT2D eigenvalue weighted by Gasteiger charge is 2.46. The molecular formula is C14H16N2O5S. The summed E-state index contributed by atoms with van der Waals surface area (Å²) < 4.78 is 30.6. The summed E-state index contributed by atoms with van der Waals surface area (Å²) in [6.07, 6.45) is -0.689. The van der Waals surface area contributed by atoms with Gasteiger partial charge in [-0.3, -0.25) is 4.79 Å². The summed E-state index contributed by atoms with van der Waals surface area (Å²) in [6.45, 7) is 1.91. The van der Waals surface area contributed by atoms with Gasteiger partial charge in [-0.05, 0) is 12.5 Å². The number of amides is 2. The number of benzene rings is 1. The van der Waals surface area contributed by atoms with Gasteiger partial charge < -0.3 is 4.74 Å². The van der Waals surface area contributed by atoms with Crippen molar-refractivity contribution in [2.24, 2.45) is 0 Å². The van der Waals surface area contributed by atoms with Crippen LogP contribution in [0.1, 0.15) is 11.1 Å². The third-order valence-corrected chi connectivity index (χ3v) is 5.59. The Morgan fingerprint density at radius 3 is 2.59 bits per heavy atom. The number of imide groups is 1. The van der Waals surface area contributed by atoms with Crippen molar-refractivity contribution in [1.29, 1.82) is 0 Å². The largest absolute Gasteiger partial charge is 0.439 e. The molecule has 2 fully saturated rings. The number of nitrogens with zero attached hydrogens (tertiary/aromatic N) is 2. The standard InChI is InChI=1S/C14H16N2O5S/c1-10-3-2-4-11(5-10)9-22(19,20)15-6-12(7-15)16-13(17)8-21-14(16)18/h2-5,12H,6-9H2,1H3. The van der Waals surface area contributed by atoms with Gasteiger partial charge in [0, 0.05) is 13.1 Å². The number of rotatable bonds is 4. The molecule has 0 saturated carbocycles. The third kappa shape index (κ3) is 2.71. The Kier molecular flexibility index (Phi) is 3.65. The minimum Gasteiger partial charge on any atom is -0.439 e. The molecule has 0 N–H and O–H groups in total. The molecule has 118 valence electrons. The number of hydrogen-bond donors (Lipinski definition) is 0. The number of aryl methyl sites for hydroxylation is 1. The lowest BCUT2D eigenvalue weighted by Crippen LogP contribution is -2.62. The second-order valence-electron chi connectivity index (χ2n) is 5.53. The van der Waals surface area contributed by atoms with Crippen LogP contribution >= 0.6 is 0 Å². The van der Waals surface area contributed by atoms with E-state index in [0.717, 1.165) is 16.0 Å². The van der Waals surface area contributed by atoms with Crippen LogP contribution in [0.2, 0.25) is 0 Å². The lowest BCUT2D eigenvalue weighted by atomic mass is 10.1. The van der Waals surface area contributed by atoms with E-state index in [-0.39, 0.29) is 25.4 Å². The molecule has 0 bridgehead atoms. The van der Waals surface area contributed by atoms with E-state index >= 15 is 0 Å². The second kappa shape index (κ2) is 5.36. The van der Waals surface area contributed by atoms with Crippen LogP contribution in [0.25, 0.3) is 0 Å². The Bertz CT molecular complexity index is 709. The topological polar surface area (TPSA) is 84.0 Å². The molecule has 0 radical (unpaired) electrons. The van der Waals surface area contributed by atoms with Crippen molar-refractivity contribution in [2.75, 3.05) is 19.7 Å². The van der Waals surface area contributed by atoms with Crippen LogP contribution in [0, 0.1) is 6.92 Å². The molecule has 0 spiro atoms. The molecule has 2 amide bonds. The van der Waals surface area contributed by atoms with Crippen molar-refractivity contribution < 1.29 is 22.7 Å². The highest BCUT2D eigenvalue weighted by atomic mass is 32.2. The molecule has 0 atom stereocenters. The van der Waals surface area contributed by atoms with Crippen LogP contribution in [-0.4, -0.2) is 55.4 Å². The van der Waals surface area contributed by atoms with Crippen molar-refractivity contribution in [1.82, 2.24) is 9.21 Å². The summed E-state index contributed by atoms with van der Waals surface area (Å²) in [6, 6.07) is 6.90. The molecule has 0 unspecified atom stereocenters. The van der Waals surface area contributed by atoms with Gasteiger partial charge in [-0.25, -0.2) is 18.1 Å². The summed E-state index contributed by atoms with van der Waals surface area (Å²) in [7, 11) is -3.45. The van der Waals surface area contributed by atoms with E-state index in [1.54, 1.807) is 6.07 Å². The highest BCUT2D eigenvalue weighted by molar-refractivity contribution is 7.88. The Balaban J connectivity index is 1.64. The number of carbonyl (C=O) groups is 2. The van der Waals surface area contributed by atoms with Crippen LogP contribution in [0.5, 0.6) is 0 Å². The molecule has 0 aromatic heterocycles. The summed E-state index contributed by atoms with van der Waals surface area (Å²) >= 11 is 0. The first-order chi connectivity index (χ1) is 10.4. The van der Waals surface area contributed by atoms with E-state index < -0.39 is 28.1 Å². The van der Waals surface area contributed by atoms with Crippen LogP contribution < -0.4 is 0 Å². The molecule has 2 aliphatic rings. The van der Waals surface area contributed by atoms with Gasteiger partial charge in [-0.2, -0.15) is 4.31 Å². The minimum absolute atomic E-state index is 0.0835. The number of cyclic esters (lactones) is 1. The summed E-state index contributed by atoms with van der Waals surface area (Å²) in [5.41, 5.74) is 1.72. The predicted molar refractivity (Wildman–Crippen MR) is 77.4 cm³/mol. The molecular weight excluding hydrogens is 308 g/mol. The molecule has 0 aliphatic carbocycles. The van der Waals surface area contributed by atoms with Gasteiger partial charge in [0.05, 0.1) is 11.8 Å². The molecule has 1 aromatic rings. The first-order valence-corrected chi connectivity index (χ1v) is 8.50. The molecule has 1 aromatic carbocycles. The van der Waals surface area contributed by atoms with E-state index in [2.05, 4.69) is 4.74 Å². The van der Waals surface area contributed by atoms with E-state index in [1.807, 2.05) is 25.1 Å². The zero-order chi connectivity index (χ0) is 15.9. The maximum Gasteiger partial charge on any atom is 0.417 e. The molecule has 2 heterocycles. The first-order valence-electron chi connectivity index (χ1n) is 6.89. The molecule has 7 nitrogen and oxygen atoms in total. The van der Waals surface area contributed by atoms with Gasteiger partial charge in [-0.15, -0.1) is 0 Å². The molecule has 8 heteroatoms. The quantitative estimate of drug-likeness (QED) is 0.805. The van der Waals surface area contributed by atoms with E-state index in [1.165, 1.54) is 4.31 Å². The third-order valence-electron chi connectivity index (χ3n) is 3.80. The maximum absolute atomic E-state index is 12.3. The fraction of sp³-hybridized carbons (Fsp3) is 0.429. The van der Waals surface area contributed by atoms with Crippen molar-refractivity contribution in [3.05, 3.63) is 35.4 Å². The number of ether oxygens (including phenoxy) is 1. The monoisotopic (exact) mass is 324 g/mol. The van der Waals surface area contributed by atoms with Gasteiger partial charge in [-0.1, -0.05) is 29.8 Å². The number of hydrogen-bond acceptors (Lipinski definition) is 5. The van der Waals surface area contributed by atoms with E-state index in [0.29, 0.717) is 0 Å². The average molecular weight is 324 g/mol. The fourth-order valence-corrected chi connectivity index (χ4v) is 4.21. The molecule has 3 rings (SSSR count). The van der Waals surface area contributed by atoms with Crippen molar-refractivity contribution >= 4 is 22.0 Å². The Morgan fingerprint density at radius 1 is 1.27 bits per heavy atom. The van der Waals surface area contributed by atoms with Crippen molar-refractivity contribution in [2.45, 2.75) is 18.7 Å². The van der Waals surface area contributed by atoms with E-state index in [9.17, 15) is 18.0 Å². The second-order valence-corrected chi connectivity index (χ2v) is 7.50. The van der Waals surface area contributed by atoms with Crippen LogP contribution in [0.4, 0.5) is 4.79 Å². The summed E-state index contributed by atoms with van der Waals surface area (Å²) in [5.74, 6) is -0.495. The molecule has 2 saturated heterocycles. The Labute approximate surface area is 128 Å². The SMILES string of the molecule is Cc1cccc(CS(=O)(=O)N2CC(N3C(=O)COC3=O)C2)c1. The fourth-order valence-electron chi connectivity index (χ4n) is 2.63. The minimum atomic E-state index is -3.45. The lowest BCUT2D eigenvalue weighted by Gasteiger charge is -2.40. The number of sulfonamides is 1. The highest BCUT2D eigenvalue weighted by Crippen LogP contribution is 2.24. The van der Waals surface area contributed by atoms with Crippen LogP contribution in [0.15, 0.2) is 24.3 Å². The molecule has 22 heavy (non-hydrogen) atoms. The lowest BCUT2D eigenvalue weighted by molar-refractivity contribution is -0.128. The van der Waals surface area contributed by atoms with Gasteiger partial charge in [0.1, 0.15) is 0 Å². The normalized spacial score (nSPS) is 20.1. The molecule has 2 aliphatic heterocycles. The van der Waals surface area contributed by atoms with Crippen molar-refractivity contribution in [3.63, 3.8) is 0 Å². The average Bonchev–Trinajstić information content (AvgIpc) is 2.68. The Morgan fingerprint density at radius 2 is 2.00 bits per heavy atom. The van der Waals surface area contributed by atoms with Gasteiger partial charge in [0.15, 0.2) is 6.61 Å². The first kappa shape index (κ1) is 15.0. The summed E-state index contributed by atoms with van der Waals surface area (Å²) in [5, 5.41) is 0. The smallest absolute Gasteiger partial charge is 0.417 e. The van der Waals surface area contributed by atoms with Crippen LogP contribution in [0.3, 0.4) is 0 Å². The Hall–Kier alpha value is -1.93. The van der Waals surface area contributed by atoms with E-state index in [4.69, 9.17) is 0 Å².